The van der Waals surface area contributed by atoms with Gasteiger partial charge in [0.05, 0.1) is 18.2 Å². The molecule has 1 aliphatic heterocycles. The number of carbonyl (C=O) groups is 4. The lowest BCUT2D eigenvalue weighted by atomic mass is 9.76. The van der Waals surface area contributed by atoms with E-state index < -0.39 is 83.6 Å². The average molecular weight is 420 g/mol. The van der Waals surface area contributed by atoms with Crippen molar-refractivity contribution in [3.63, 3.8) is 0 Å². The first-order chi connectivity index (χ1) is 14.1. The highest BCUT2D eigenvalue weighted by Crippen LogP contribution is 2.31. The molecule has 11 heteroatoms. The number of hydrogen-bond acceptors (Lipinski definition) is 11. The van der Waals surface area contributed by atoms with Gasteiger partial charge < -0.3 is 29.6 Å². The van der Waals surface area contributed by atoms with Crippen LogP contribution in [0.2, 0.25) is 0 Å². The third kappa shape index (κ3) is 2.90. The van der Waals surface area contributed by atoms with Gasteiger partial charge in [0.1, 0.15) is 53.2 Å². The molecule has 30 heavy (non-hydrogen) atoms. The molecule has 0 bridgehead atoms. The molecule has 0 radical (unpaired) electrons. The number of ether oxygens (including phenoxy) is 1. The molecule has 6 atom stereocenters. The van der Waals surface area contributed by atoms with E-state index in [-0.39, 0.29) is 16.4 Å². The second kappa shape index (κ2) is 7.15. The minimum Gasteiger partial charge on any atom is -0.459 e. The molecule has 1 unspecified atom stereocenters. The third-order valence-electron chi connectivity index (χ3n) is 5.50. The van der Waals surface area contributed by atoms with E-state index in [0.717, 1.165) is 12.2 Å². The maximum absolute atomic E-state index is 13.1. The summed E-state index contributed by atoms with van der Waals surface area (Å²) in [7, 11) is 0. The third-order valence-corrected chi connectivity index (χ3v) is 5.50. The van der Waals surface area contributed by atoms with E-state index in [1.165, 1.54) is 0 Å². The maximum Gasteiger partial charge on any atom is 0.229 e. The van der Waals surface area contributed by atoms with Gasteiger partial charge in [-0.25, -0.2) is 0 Å². The minimum atomic E-state index is -1.86. The van der Waals surface area contributed by atoms with Crippen molar-refractivity contribution in [2.75, 3.05) is 6.61 Å². The Morgan fingerprint density at radius 2 is 1.60 bits per heavy atom. The van der Waals surface area contributed by atoms with Crippen LogP contribution in [-0.2, 0) is 25.5 Å². The summed E-state index contributed by atoms with van der Waals surface area (Å²) in [5.74, 6) is -5.74. The fraction of sp³-hybridized carbons (Fsp3) is 0.421. The van der Waals surface area contributed by atoms with Gasteiger partial charge in [0.25, 0.3) is 0 Å². The molecule has 0 saturated carbocycles. The van der Waals surface area contributed by atoms with E-state index in [9.17, 15) is 44.4 Å². The molecule has 0 aromatic carbocycles. The summed E-state index contributed by atoms with van der Waals surface area (Å²) in [5.41, 5.74) is -1.69. The summed E-state index contributed by atoms with van der Waals surface area (Å²) >= 11 is 0. The quantitative estimate of drug-likeness (QED) is 0.265. The van der Waals surface area contributed by atoms with E-state index >= 15 is 0 Å². The van der Waals surface area contributed by atoms with Crippen molar-refractivity contribution < 1.29 is 48.8 Å². The average Bonchev–Trinajstić information content (AvgIpc) is 2.69. The monoisotopic (exact) mass is 420 g/mol. The van der Waals surface area contributed by atoms with Gasteiger partial charge in [0.2, 0.25) is 17.0 Å². The van der Waals surface area contributed by atoms with Crippen LogP contribution >= 0.6 is 0 Å². The highest BCUT2D eigenvalue weighted by molar-refractivity contribution is 6.57. The lowest BCUT2D eigenvalue weighted by molar-refractivity contribution is -0.236. The second-order valence-corrected chi connectivity index (χ2v) is 7.30. The highest BCUT2D eigenvalue weighted by Gasteiger charge is 2.52. The molecule has 1 fully saturated rings. The van der Waals surface area contributed by atoms with Crippen molar-refractivity contribution in [1.82, 2.24) is 0 Å². The Morgan fingerprint density at radius 1 is 0.933 bits per heavy atom. The maximum atomic E-state index is 13.1. The molecule has 4 rings (SSSR count). The van der Waals surface area contributed by atoms with Crippen LogP contribution in [0.1, 0.15) is 16.1 Å². The number of hydrogen-bond donors (Lipinski definition) is 4. The summed E-state index contributed by atoms with van der Waals surface area (Å²) in [6, 6.07) is 0. The number of aliphatic hydroxyl groups is 4. The van der Waals surface area contributed by atoms with E-state index in [0.29, 0.717) is 0 Å². The number of carbonyl (C=O) groups excluding carboxylic acids is 4. The normalized spacial score (nSPS) is 33.5. The van der Waals surface area contributed by atoms with Crippen molar-refractivity contribution >= 4 is 35.3 Å². The number of fused-ring (bicyclic) bond motifs is 2. The number of rotatable bonds is 2. The smallest absolute Gasteiger partial charge is 0.229 e. The molecule has 1 saturated heterocycles. The van der Waals surface area contributed by atoms with Crippen molar-refractivity contribution in [3.8, 4) is 0 Å². The zero-order valence-corrected chi connectivity index (χ0v) is 15.2. The standard InChI is InChI=1S/C19H16O11/c20-4-11-15(25)17(27)18(28)19(30-11)12-8(23)3-10-13(16(12)26)14(24)5-1-6(21)7(22)2-9(5)29-10/h1-2,11-12,15,17-20,25,27-28H,3-4H2/t11-,12?,15-,17+,18-,19+/m1/s1. The summed E-state index contributed by atoms with van der Waals surface area (Å²) in [6.07, 6.45) is -7.33. The number of ketones is 4. The predicted molar refractivity (Wildman–Crippen MR) is 93.5 cm³/mol. The molecular weight excluding hydrogens is 404 g/mol. The Labute approximate surface area is 166 Å². The Morgan fingerprint density at radius 3 is 2.27 bits per heavy atom. The van der Waals surface area contributed by atoms with Crippen LogP contribution < -0.4 is 16.1 Å². The lowest BCUT2D eigenvalue weighted by Crippen LogP contribution is -2.63. The topological polar surface area (TPSA) is 189 Å². The highest BCUT2D eigenvalue weighted by atomic mass is 16.5. The fourth-order valence-electron chi connectivity index (χ4n) is 3.93. The van der Waals surface area contributed by atoms with E-state index in [2.05, 4.69) is 0 Å². The molecule has 158 valence electrons. The molecular formula is C19H16O11. The fourth-order valence-corrected chi connectivity index (χ4v) is 3.93. The van der Waals surface area contributed by atoms with Crippen LogP contribution in [-0.4, -0.2) is 80.7 Å². The van der Waals surface area contributed by atoms with E-state index in [4.69, 9.17) is 9.15 Å². The molecule has 3 aliphatic rings. The molecule has 4 N–H and O–H groups in total. The van der Waals surface area contributed by atoms with Gasteiger partial charge in [-0.1, -0.05) is 0 Å². The zero-order valence-electron chi connectivity index (χ0n) is 15.2. The van der Waals surface area contributed by atoms with Gasteiger partial charge >= 0.3 is 0 Å². The van der Waals surface area contributed by atoms with Crippen LogP contribution in [0.4, 0.5) is 0 Å². The molecule has 0 spiro atoms. The molecule has 11 nitrogen and oxygen atoms in total. The van der Waals surface area contributed by atoms with Crippen molar-refractivity contribution in [1.29, 1.82) is 0 Å². The van der Waals surface area contributed by atoms with Crippen molar-refractivity contribution in [2.24, 2.45) is 5.92 Å². The zero-order chi connectivity index (χ0) is 21.9. The van der Waals surface area contributed by atoms with Crippen LogP contribution in [0.25, 0.3) is 12.2 Å². The first-order valence-corrected chi connectivity index (χ1v) is 9.01. The molecule has 0 amide bonds. The summed E-state index contributed by atoms with van der Waals surface area (Å²) in [6.45, 7) is -0.760. The summed E-state index contributed by atoms with van der Waals surface area (Å²) < 4.78 is 10.7. The van der Waals surface area contributed by atoms with Gasteiger partial charge in [0, 0.05) is 12.2 Å². The Bertz CT molecular complexity index is 1160. The minimum absolute atomic E-state index is 0.241. The largest absolute Gasteiger partial charge is 0.459 e. The molecule has 2 aliphatic carbocycles. The van der Waals surface area contributed by atoms with E-state index in [1.807, 2.05) is 0 Å². The first-order valence-electron chi connectivity index (χ1n) is 9.01. The van der Waals surface area contributed by atoms with Crippen molar-refractivity contribution in [3.05, 3.63) is 32.2 Å². The first kappa shape index (κ1) is 20.4. The lowest BCUT2D eigenvalue weighted by Gasteiger charge is -2.42. The van der Waals surface area contributed by atoms with Crippen molar-refractivity contribution in [2.45, 2.75) is 36.9 Å². The molecule has 1 aromatic heterocycles. The summed E-state index contributed by atoms with van der Waals surface area (Å²) in [5, 5.41) is 39.1. The number of Topliss-reactive ketones (excluding diaryl/α,β-unsaturated/α-hetero) is 4. The van der Waals surface area contributed by atoms with E-state index in [1.54, 1.807) is 0 Å². The van der Waals surface area contributed by atoms with Crippen LogP contribution in [0.15, 0.2) is 9.21 Å². The van der Waals surface area contributed by atoms with Crippen LogP contribution in [0, 0.1) is 5.92 Å². The van der Waals surface area contributed by atoms with Gasteiger partial charge in [-0.3, -0.25) is 24.0 Å². The Kier molecular flexibility index (Phi) is 4.87. The summed E-state index contributed by atoms with van der Waals surface area (Å²) in [4.78, 5) is 61.7. The molecule has 2 heterocycles. The van der Waals surface area contributed by atoms with Gasteiger partial charge in [-0.15, -0.1) is 0 Å². The van der Waals surface area contributed by atoms with Crippen LogP contribution in [0.3, 0.4) is 0 Å². The Hall–Kier alpha value is -2.83. The van der Waals surface area contributed by atoms with Gasteiger partial charge in [0.15, 0.2) is 11.6 Å². The number of aliphatic hydroxyl groups excluding tert-OH is 4. The second-order valence-electron chi connectivity index (χ2n) is 7.30. The predicted octanol–water partition coefficient (Wildman–Crippen LogP) is -4.88. The Balaban J connectivity index is 1.83. The molecule has 1 aromatic rings. The van der Waals surface area contributed by atoms with Gasteiger partial charge in [-0.05, 0) is 0 Å². The van der Waals surface area contributed by atoms with Crippen LogP contribution in [0.5, 0.6) is 0 Å². The SMILES string of the molecule is O=C1C=c2oc3c(c(=O)c2=CC1=O)C(=O)C([C@@H]1O[C@H](CO)[C@@H](O)[C@H](O)[C@H]1O)C(=O)C3. The van der Waals surface area contributed by atoms with Gasteiger partial charge in [-0.2, -0.15) is 0 Å².